The van der Waals surface area contributed by atoms with E-state index in [0.29, 0.717) is 35.4 Å². The molecule has 0 aliphatic rings. The third-order valence-corrected chi connectivity index (χ3v) is 3.72. The number of furan rings is 1. The second-order valence-electron chi connectivity index (χ2n) is 5.27. The molecule has 3 rings (SSSR count). The number of nitrogens with zero attached hydrogens (tertiary/aromatic N) is 1. The largest absolute Gasteiger partial charge is 0.483 e. The molecule has 2 heterocycles. The molecule has 0 unspecified atom stereocenters. The summed E-state index contributed by atoms with van der Waals surface area (Å²) in [7, 11) is 0. The lowest BCUT2D eigenvalue weighted by Gasteiger charge is -2.10. The first-order valence-corrected chi connectivity index (χ1v) is 7.73. The van der Waals surface area contributed by atoms with E-state index in [9.17, 15) is 9.59 Å². The molecule has 6 nitrogen and oxygen atoms in total. The van der Waals surface area contributed by atoms with E-state index in [-0.39, 0.29) is 18.1 Å². The van der Waals surface area contributed by atoms with Gasteiger partial charge in [0, 0.05) is 18.1 Å². The number of rotatable bonds is 6. The molecule has 0 fully saturated rings. The molecule has 1 aromatic carbocycles. The van der Waals surface area contributed by atoms with Gasteiger partial charge in [0.05, 0.1) is 18.2 Å². The van der Waals surface area contributed by atoms with Crippen molar-refractivity contribution in [3.8, 4) is 5.75 Å². The van der Waals surface area contributed by atoms with Gasteiger partial charge in [0.15, 0.2) is 6.61 Å². The number of aryl methyl sites for hydroxylation is 1. The van der Waals surface area contributed by atoms with Crippen LogP contribution in [0, 0.1) is 0 Å². The van der Waals surface area contributed by atoms with E-state index in [2.05, 4.69) is 5.32 Å². The molecule has 1 amide bonds. The van der Waals surface area contributed by atoms with Gasteiger partial charge in [0.2, 0.25) is 0 Å². The number of fused-ring (bicyclic) bond motifs is 1. The molecule has 3 aromatic rings. The highest BCUT2D eigenvalue weighted by Crippen LogP contribution is 2.23. The smallest absolute Gasteiger partial charge is 0.258 e. The minimum atomic E-state index is -0.259. The fourth-order valence-electron chi connectivity index (χ4n) is 2.46. The van der Waals surface area contributed by atoms with Crippen LogP contribution < -0.4 is 15.6 Å². The quantitative estimate of drug-likeness (QED) is 0.754. The minimum Gasteiger partial charge on any atom is -0.483 e. The topological polar surface area (TPSA) is 73.5 Å². The Bertz CT molecular complexity index is 897. The molecular weight excluding hydrogens is 308 g/mol. The highest BCUT2D eigenvalue weighted by molar-refractivity contribution is 5.88. The molecule has 0 aliphatic heterocycles. The third kappa shape index (κ3) is 3.32. The summed E-state index contributed by atoms with van der Waals surface area (Å²) in [5, 5.41) is 3.99. The normalized spacial score (nSPS) is 10.7. The van der Waals surface area contributed by atoms with Crippen LogP contribution in [0.4, 0.5) is 0 Å². The van der Waals surface area contributed by atoms with Crippen LogP contribution in [-0.4, -0.2) is 17.1 Å². The molecular formula is C18H18N2O4. The number of carbonyl (C=O) groups excluding carboxylic acids is 1. The standard InChI is InChI=1S/C18H18N2O4/c1-2-20-9-8-14-15(18(20)22)6-3-7-16(14)24-12-17(21)19-11-13-5-4-10-23-13/h3-10H,2,11-12H2,1H3,(H,19,21). The van der Waals surface area contributed by atoms with Crippen LogP contribution in [0.1, 0.15) is 12.7 Å². The zero-order valence-corrected chi connectivity index (χ0v) is 13.3. The van der Waals surface area contributed by atoms with Crippen molar-refractivity contribution in [1.82, 2.24) is 9.88 Å². The zero-order chi connectivity index (χ0) is 16.9. The highest BCUT2D eigenvalue weighted by atomic mass is 16.5. The fourth-order valence-corrected chi connectivity index (χ4v) is 2.46. The summed E-state index contributed by atoms with van der Waals surface area (Å²) in [6.07, 6.45) is 3.28. The molecule has 0 spiro atoms. The Morgan fingerprint density at radius 1 is 1.21 bits per heavy atom. The van der Waals surface area contributed by atoms with Crippen molar-refractivity contribution >= 4 is 16.7 Å². The molecule has 0 saturated carbocycles. The van der Waals surface area contributed by atoms with E-state index >= 15 is 0 Å². The van der Waals surface area contributed by atoms with Gasteiger partial charge < -0.3 is 19.0 Å². The van der Waals surface area contributed by atoms with E-state index in [1.807, 2.05) is 13.0 Å². The minimum absolute atomic E-state index is 0.0669. The summed E-state index contributed by atoms with van der Waals surface area (Å²) in [4.78, 5) is 24.2. The van der Waals surface area contributed by atoms with Crippen LogP contribution in [0.25, 0.3) is 10.8 Å². The van der Waals surface area contributed by atoms with Crippen molar-refractivity contribution in [1.29, 1.82) is 0 Å². The van der Waals surface area contributed by atoms with Gasteiger partial charge in [-0.1, -0.05) is 6.07 Å². The van der Waals surface area contributed by atoms with Crippen molar-refractivity contribution < 1.29 is 13.9 Å². The molecule has 24 heavy (non-hydrogen) atoms. The van der Waals surface area contributed by atoms with E-state index in [0.717, 1.165) is 0 Å². The van der Waals surface area contributed by atoms with Crippen molar-refractivity contribution in [2.24, 2.45) is 0 Å². The third-order valence-electron chi connectivity index (χ3n) is 3.72. The predicted molar refractivity (Wildman–Crippen MR) is 89.9 cm³/mol. The SMILES string of the molecule is CCn1ccc2c(OCC(=O)NCc3ccco3)cccc2c1=O. The molecule has 0 atom stereocenters. The highest BCUT2D eigenvalue weighted by Gasteiger charge is 2.09. The number of ether oxygens (including phenoxy) is 1. The van der Waals surface area contributed by atoms with Gasteiger partial charge in [0.25, 0.3) is 11.5 Å². The second-order valence-corrected chi connectivity index (χ2v) is 5.27. The fraction of sp³-hybridized carbons (Fsp3) is 0.222. The van der Waals surface area contributed by atoms with E-state index < -0.39 is 0 Å². The average molecular weight is 326 g/mol. The van der Waals surface area contributed by atoms with Crippen molar-refractivity contribution in [3.63, 3.8) is 0 Å². The Morgan fingerprint density at radius 2 is 2.08 bits per heavy atom. The number of pyridine rings is 1. The lowest BCUT2D eigenvalue weighted by Crippen LogP contribution is -2.28. The monoisotopic (exact) mass is 326 g/mol. The predicted octanol–water partition coefficient (Wildman–Crippen LogP) is 2.31. The Morgan fingerprint density at radius 3 is 2.83 bits per heavy atom. The first-order chi connectivity index (χ1) is 11.7. The Balaban J connectivity index is 1.70. The van der Waals surface area contributed by atoms with E-state index in [4.69, 9.17) is 9.15 Å². The summed E-state index contributed by atoms with van der Waals surface area (Å²) >= 11 is 0. The number of carbonyl (C=O) groups is 1. The van der Waals surface area contributed by atoms with Crippen LogP contribution in [0.2, 0.25) is 0 Å². The van der Waals surface area contributed by atoms with Gasteiger partial charge in [0.1, 0.15) is 11.5 Å². The molecule has 2 aromatic heterocycles. The summed E-state index contributed by atoms with van der Waals surface area (Å²) in [6, 6.07) is 10.6. The number of benzene rings is 1. The lowest BCUT2D eigenvalue weighted by atomic mass is 10.1. The molecule has 0 saturated heterocycles. The van der Waals surface area contributed by atoms with Gasteiger partial charge in [-0.15, -0.1) is 0 Å². The van der Waals surface area contributed by atoms with Crippen LogP contribution >= 0.6 is 0 Å². The first kappa shape index (κ1) is 15.9. The number of aromatic nitrogens is 1. The van der Waals surface area contributed by atoms with Crippen LogP contribution in [0.5, 0.6) is 5.75 Å². The average Bonchev–Trinajstić information content (AvgIpc) is 3.12. The molecule has 0 radical (unpaired) electrons. The summed E-state index contributed by atoms with van der Waals surface area (Å²) in [6.45, 7) is 2.70. The maximum Gasteiger partial charge on any atom is 0.258 e. The summed E-state index contributed by atoms with van der Waals surface area (Å²) in [5.41, 5.74) is -0.0669. The van der Waals surface area contributed by atoms with Crippen LogP contribution in [0.3, 0.4) is 0 Å². The van der Waals surface area contributed by atoms with Gasteiger partial charge in [-0.3, -0.25) is 9.59 Å². The molecule has 0 bridgehead atoms. The zero-order valence-electron chi connectivity index (χ0n) is 13.3. The van der Waals surface area contributed by atoms with Gasteiger partial charge in [-0.2, -0.15) is 0 Å². The Labute approximate surface area is 138 Å². The second kappa shape index (κ2) is 7.04. The molecule has 1 N–H and O–H groups in total. The van der Waals surface area contributed by atoms with Gasteiger partial charge in [-0.05, 0) is 37.3 Å². The maximum atomic E-state index is 12.3. The van der Waals surface area contributed by atoms with Crippen LogP contribution in [-0.2, 0) is 17.9 Å². The van der Waals surface area contributed by atoms with Crippen LogP contribution in [0.15, 0.2) is 58.1 Å². The number of hydrogen-bond donors (Lipinski definition) is 1. The number of hydrogen-bond acceptors (Lipinski definition) is 4. The summed E-state index contributed by atoms with van der Waals surface area (Å²) < 4.78 is 12.4. The Kier molecular flexibility index (Phi) is 4.65. The Hall–Kier alpha value is -3.02. The van der Waals surface area contributed by atoms with Gasteiger partial charge in [-0.25, -0.2) is 0 Å². The maximum absolute atomic E-state index is 12.3. The lowest BCUT2D eigenvalue weighted by molar-refractivity contribution is -0.123. The molecule has 124 valence electrons. The number of amides is 1. The molecule has 0 aliphatic carbocycles. The van der Waals surface area contributed by atoms with Gasteiger partial charge >= 0.3 is 0 Å². The van der Waals surface area contributed by atoms with E-state index in [1.165, 1.54) is 0 Å². The van der Waals surface area contributed by atoms with Crippen molar-refractivity contribution in [3.05, 3.63) is 65.0 Å². The molecule has 6 heteroatoms. The first-order valence-electron chi connectivity index (χ1n) is 7.73. The van der Waals surface area contributed by atoms with E-state index in [1.54, 1.807) is 47.4 Å². The summed E-state index contributed by atoms with van der Waals surface area (Å²) in [5.74, 6) is 0.930. The number of nitrogens with one attached hydrogen (secondary N) is 1. The van der Waals surface area contributed by atoms with Crippen molar-refractivity contribution in [2.75, 3.05) is 6.61 Å². The van der Waals surface area contributed by atoms with Crippen molar-refractivity contribution in [2.45, 2.75) is 20.0 Å².